The van der Waals surface area contributed by atoms with E-state index in [9.17, 15) is 4.79 Å². The third-order valence-corrected chi connectivity index (χ3v) is 6.49. The van der Waals surface area contributed by atoms with Crippen molar-refractivity contribution >= 4 is 33.0 Å². The number of hydrogen-bond acceptors (Lipinski definition) is 3. The van der Waals surface area contributed by atoms with Crippen LogP contribution >= 0.6 is 15.9 Å². The summed E-state index contributed by atoms with van der Waals surface area (Å²) in [7, 11) is 0. The second-order valence-corrected chi connectivity index (χ2v) is 9.12. The molecule has 2 aromatic heterocycles. The lowest BCUT2D eigenvalue weighted by Crippen LogP contribution is -2.23. The number of nitrogens with zero attached hydrogens (tertiary/aromatic N) is 4. The Bertz CT molecular complexity index is 1350. The monoisotopic (exact) mass is 490 g/mol. The summed E-state index contributed by atoms with van der Waals surface area (Å²) in [4.78, 5) is 18.1. The van der Waals surface area contributed by atoms with Crippen molar-refractivity contribution in [2.24, 2.45) is 5.10 Å². The van der Waals surface area contributed by atoms with Gasteiger partial charge in [0.05, 0.1) is 17.1 Å². The van der Waals surface area contributed by atoms with Gasteiger partial charge in [-0.2, -0.15) is 9.78 Å². The van der Waals surface area contributed by atoms with Crippen molar-refractivity contribution in [2.75, 3.05) is 0 Å². The molecule has 4 aromatic rings. The standard InChI is InChI=1S/C26H27BrN4O/c1-5-17(2)25-29-24-12-11-22(27)14-23(24)26(32)31(25)28-15-21-13-18(3)30(19(21)4)16-20-9-7-6-8-10-20/h6-15,17H,5,16H2,1-4H3/t17-/m0/s1. The molecule has 0 aliphatic carbocycles. The van der Waals surface area contributed by atoms with Gasteiger partial charge < -0.3 is 4.57 Å². The van der Waals surface area contributed by atoms with Gasteiger partial charge >= 0.3 is 0 Å². The number of benzene rings is 2. The summed E-state index contributed by atoms with van der Waals surface area (Å²) >= 11 is 3.46. The van der Waals surface area contributed by atoms with Crippen LogP contribution in [0.1, 0.15) is 54.5 Å². The fourth-order valence-corrected chi connectivity index (χ4v) is 4.23. The Balaban J connectivity index is 1.78. The van der Waals surface area contributed by atoms with E-state index in [2.05, 4.69) is 83.6 Å². The zero-order chi connectivity index (χ0) is 22.8. The number of hydrogen-bond donors (Lipinski definition) is 0. The second kappa shape index (κ2) is 9.25. The largest absolute Gasteiger partial charge is 0.344 e. The molecule has 6 heteroatoms. The van der Waals surface area contributed by atoms with Crippen molar-refractivity contribution in [1.29, 1.82) is 0 Å². The van der Waals surface area contributed by atoms with E-state index in [1.807, 2.05) is 24.3 Å². The number of rotatable bonds is 6. The van der Waals surface area contributed by atoms with Gasteiger partial charge in [-0.15, -0.1) is 0 Å². The van der Waals surface area contributed by atoms with Crippen LogP contribution in [-0.2, 0) is 6.54 Å². The number of fused-ring (bicyclic) bond motifs is 1. The average Bonchev–Trinajstić information content (AvgIpc) is 3.06. The molecule has 0 saturated heterocycles. The first-order chi connectivity index (χ1) is 15.4. The number of aryl methyl sites for hydroxylation is 1. The third-order valence-electron chi connectivity index (χ3n) is 6.00. The van der Waals surface area contributed by atoms with E-state index in [0.29, 0.717) is 16.7 Å². The normalized spacial score (nSPS) is 12.7. The summed E-state index contributed by atoms with van der Waals surface area (Å²) in [5, 5.41) is 5.19. The lowest BCUT2D eigenvalue weighted by Gasteiger charge is -2.14. The molecule has 0 fully saturated rings. The smallest absolute Gasteiger partial charge is 0.282 e. The summed E-state index contributed by atoms with van der Waals surface area (Å²) in [6.45, 7) is 9.15. The van der Waals surface area contributed by atoms with Crippen LogP contribution in [0.15, 0.2) is 69.0 Å². The van der Waals surface area contributed by atoms with E-state index in [1.54, 1.807) is 6.21 Å². The van der Waals surface area contributed by atoms with Crippen molar-refractivity contribution in [1.82, 2.24) is 14.2 Å². The first-order valence-corrected chi connectivity index (χ1v) is 11.7. The Morgan fingerprint density at radius 1 is 1.12 bits per heavy atom. The number of aromatic nitrogens is 3. The number of halogens is 1. The van der Waals surface area contributed by atoms with Gasteiger partial charge in [-0.25, -0.2) is 4.98 Å². The molecule has 164 valence electrons. The molecule has 1 atom stereocenters. The van der Waals surface area contributed by atoms with E-state index >= 15 is 0 Å². The topological polar surface area (TPSA) is 52.2 Å². The van der Waals surface area contributed by atoms with Crippen molar-refractivity contribution < 1.29 is 0 Å². The molecule has 0 unspecified atom stereocenters. The first kappa shape index (κ1) is 22.2. The molecule has 0 bridgehead atoms. The fraction of sp³-hybridized carbons (Fsp3) is 0.269. The van der Waals surface area contributed by atoms with Crippen LogP contribution in [0.5, 0.6) is 0 Å². The zero-order valence-electron chi connectivity index (χ0n) is 18.8. The van der Waals surface area contributed by atoms with Crippen molar-refractivity contribution in [3.63, 3.8) is 0 Å². The Labute approximate surface area is 196 Å². The molecule has 4 rings (SSSR count). The highest BCUT2D eigenvalue weighted by Crippen LogP contribution is 2.21. The maximum Gasteiger partial charge on any atom is 0.282 e. The predicted octanol–water partition coefficient (Wildman–Crippen LogP) is 6.02. The Hall–Kier alpha value is -2.99. The van der Waals surface area contributed by atoms with E-state index in [-0.39, 0.29) is 11.5 Å². The zero-order valence-corrected chi connectivity index (χ0v) is 20.4. The average molecular weight is 491 g/mol. The lowest BCUT2D eigenvalue weighted by atomic mass is 10.1. The van der Waals surface area contributed by atoms with Crippen LogP contribution in [-0.4, -0.2) is 20.4 Å². The lowest BCUT2D eigenvalue weighted by molar-refractivity contribution is 0.613. The van der Waals surface area contributed by atoms with E-state index in [4.69, 9.17) is 4.98 Å². The quantitative estimate of drug-likeness (QED) is 0.310. The molecular weight excluding hydrogens is 464 g/mol. The molecule has 5 nitrogen and oxygen atoms in total. The van der Waals surface area contributed by atoms with Crippen molar-refractivity contribution in [2.45, 2.75) is 46.6 Å². The van der Waals surface area contributed by atoms with Crippen LogP contribution in [0.4, 0.5) is 0 Å². The molecule has 0 aliphatic heterocycles. The highest BCUT2D eigenvalue weighted by Gasteiger charge is 2.16. The van der Waals surface area contributed by atoms with E-state index in [1.165, 1.54) is 10.2 Å². The molecule has 0 aliphatic rings. The SMILES string of the molecule is CC[C@H](C)c1nc2ccc(Br)cc2c(=O)n1N=Cc1cc(C)n(Cc2ccccc2)c1C. The van der Waals surface area contributed by atoms with Gasteiger partial charge in [-0.1, -0.05) is 60.1 Å². The van der Waals surface area contributed by atoms with Crippen LogP contribution in [0.2, 0.25) is 0 Å². The highest BCUT2D eigenvalue weighted by molar-refractivity contribution is 9.10. The summed E-state index contributed by atoms with van der Waals surface area (Å²) < 4.78 is 4.58. The minimum Gasteiger partial charge on any atom is -0.344 e. The molecule has 0 N–H and O–H groups in total. The minimum atomic E-state index is -0.152. The summed E-state index contributed by atoms with van der Waals surface area (Å²) in [6, 6.07) is 18.1. The molecule has 2 heterocycles. The van der Waals surface area contributed by atoms with E-state index in [0.717, 1.165) is 34.4 Å². The second-order valence-electron chi connectivity index (χ2n) is 8.20. The summed E-state index contributed by atoms with van der Waals surface area (Å²) in [5.41, 5.74) is 5.06. The van der Waals surface area contributed by atoms with Crippen LogP contribution in [0, 0.1) is 13.8 Å². The molecular formula is C26H27BrN4O. The van der Waals surface area contributed by atoms with Crippen LogP contribution < -0.4 is 5.56 Å². The predicted molar refractivity (Wildman–Crippen MR) is 135 cm³/mol. The Morgan fingerprint density at radius 3 is 2.59 bits per heavy atom. The maximum atomic E-state index is 13.3. The molecule has 0 radical (unpaired) electrons. The Kier molecular flexibility index (Phi) is 6.42. The minimum absolute atomic E-state index is 0.110. The molecule has 32 heavy (non-hydrogen) atoms. The van der Waals surface area contributed by atoms with E-state index < -0.39 is 0 Å². The van der Waals surface area contributed by atoms with Gasteiger partial charge in [-0.05, 0) is 50.1 Å². The first-order valence-electron chi connectivity index (χ1n) is 10.9. The third kappa shape index (κ3) is 4.32. The molecule has 0 saturated carbocycles. The van der Waals surface area contributed by atoms with Crippen molar-refractivity contribution in [3.05, 3.63) is 97.8 Å². The van der Waals surface area contributed by atoms with Gasteiger partial charge in [0.15, 0.2) is 0 Å². The van der Waals surface area contributed by atoms with Gasteiger partial charge in [-0.3, -0.25) is 4.79 Å². The van der Waals surface area contributed by atoms with Gasteiger partial charge in [0, 0.05) is 33.9 Å². The van der Waals surface area contributed by atoms with Crippen molar-refractivity contribution in [3.8, 4) is 0 Å². The molecule has 0 spiro atoms. The van der Waals surface area contributed by atoms with Gasteiger partial charge in [0.2, 0.25) is 0 Å². The van der Waals surface area contributed by atoms with Gasteiger partial charge in [0.25, 0.3) is 5.56 Å². The maximum absolute atomic E-state index is 13.3. The highest BCUT2D eigenvalue weighted by atomic mass is 79.9. The van der Waals surface area contributed by atoms with Gasteiger partial charge in [0.1, 0.15) is 5.82 Å². The summed E-state index contributed by atoms with van der Waals surface area (Å²) in [6.07, 6.45) is 2.65. The summed E-state index contributed by atoms with van der Waals surface area (Å²) in [5.74, 6) is 0.792. The molecule has 0 amide bonds. The van der Waals surface area contributed by atoms with Crippen LogP contribution in [0.25, 0.3) is 10.9 Å². The fourth-order valence-electron chi connectivity index (χ4n) is 3.87. The van der Waals surface area contributed by atoms with Crippen LogP contribution in [0.3, 0.4) is 0 Å². The Morgan fingerprint density at radius 2 is 1.88 bits per heavy atom. The molecule has 2 aromatic carbocycles.